The van der Waals surface area contributed by atoms with E-state index in [0.29, 0.717) is 12.8 Å². The molecule has 4 heteroatoms. The van der Waals surface area contributed by atoms with E-state index in [4.69, 9.17) is 5.11 Å². The topological polar surface area (TPSA) is 57.6 Å². The van der Waals surface area contributed by atoms with E-state index < -0.39 is 6.09 Å². The molecule has 1 aromatic carbocycles. The van der Waals surface area contributed by atoms with Crippen LogP contribution in [-0.4, -0.2) is 28.6 Å². The summed E-state index contributed by atoms with van der Waals surface area (Å²) in [5.41, 5.74) is 1.04. The summed E-state index contributed by atoms with van der Waals surface area (Å²) in [5, 5.41) is 9.08. The lowest BCUT2D eigenvalue weighted by Crippen LogP contribution is -2.37. The minimum Gasteiger partial charge on any atom is -0.465 e. The van der Waals surface area contributed by atoms with Gasteiger partial charge in [-0.1, -0.05) is 50.1 Å². The van der Waals surface area contributed by atoms with Crippen LogP contribution >= 0.6 is 0 Å². The van der Waals surface area contributed by atoms with Gasteiger partial charge in [0, 0.05) is 13.0 Å². The largest absolute Gasteiger partial charge is 0.465 e. The summed E-state index contributed by atoms with van der Waals surface area (Å²) < 4.78 is 0. The molecule has 0 aliphatic carbocycles. The first kappa shape index (κ1) is 15.2. The molecular formula is C15H21NO3. The molecule has 0 atom stereocenters. The monoisotopic (exact) mass is 263 g/mol. The van der Waals surface area contributed by atoms with Gasteiger partial charge in [-0.3, -0.25) is 4.79 Å². The fourth-order valence-corrected chi connectivity index (χ4v) is 1.87. The molecule has 1 rings (SSSR count). The van der Waals surface area contributed by atoms with Crippen molar-refractivity contribution in [2.75, 3.05) is 6.54 Å². The molecule has 104 valence electrons. The van der Waals surface area contributed by atoms with Gasteiger partial charge in [-0.2, -0.15) is 0 Å². The number of unbranched alkanes of at least 4 members (excludes halogenated alkanes) is 2. The summed E-state index contributed by atoms with van der Waals surface area (Å²) in [6.07, 6.45) is 2.45. The van der Waals surface area contributed by atoms with Crippen LogP contribution in [-0.2, 0) is 11.2 Å². The van der Waals surface area contributed by atoms with Crippen LogP contribution in [0.1, 0.15) is 38.2 Å². The van der Waals surface area contributed by atoms with Gasteiger partial charge in [0.05, 0.1) is 0 Å². The summed E-state index contributed by atoms with van der Waals surface area (Å²) >= 11 is 0. The summed E-state index contributed by atoms with van der Waals surface area (Å²) in [7, 11) is 0. The SMILES string of the molecule is CCCCCC(=O)N(CCc1ccccc1)C(=O)O. The number of carboxylic acid groups (broad SMARTS) is 1. The molecule has 0 spiro atoms. The lowest BCUT2D eigenvalue weighted by molar-refractivity contribution is -0.129. The maximum atomic E-state index is 11.8. The molecule has 1 N–H and O–H groups in total. The van der Waals surface area contributed by atoms with E-state index in [-0.39, 0.29) is 12.5 Å². The van der Waals surface area contributed by atoms with Crippen LogP contribution in [0.25, 0.3) is 0 Å². The number of rotatable bonds is 7. The van der Waals surface area contributed by atoms with Crippen molar-refractivity contribution in [3.63, 3.8) is 0 Å². The third-order valence-electron chi connectivity index (χ3n) is 2.99. The van der Waals surface area contributed by atoms with E-state index in [2.05, 4.69) is 6.92 Å². The maximum Gasteiger partial charge on any atom is 0.414 e. The van der Waals surface area contributed by atoms with E-state index >= 15 is 0 Å². The average molecular weight is 263 g/mol. The Kier molecular flexibility index (Phi) is 6.64. The Bertz CT molecular complexity index is 403. The van der Waals surface area contributed by atoms with E-state index in [1.54, 1.807) is 0 Å². The number of benzene rings is 1. The van der Waals surface area contributed by atoms with Gasteiger partial charge in [-0.15, -0.1) is 0 Å². The molecule has 0 heterocycles. The van der Waals surface area contributed by atoms with Crippen LogP contribution in [0, 0.1) is 0 Å². The number of carbonyl (C=O) groups is 2. The molecule has 0 saturated heterocycles. The van der Waals surface area contributed by atoms with Gasteiger partial charge in [0.1, 0.15) is 0 Å². The second-order valence-corrected chi connectivity index (χ2v) is 4.52. The smallest absolute Gasteiger partial charge is 0.414 e. The Morgan fingerprint density at radius 1 is 1.16 bits per heavy atom. The zero-order chi connectivity index (χ0) is 14.1. The summed E-state index contributed by atoms with van der Waals surface area (Å²) in [6, 6.07) is 9.59. The molecule has 2 amide bonds. The molecule has 0 bridgehead atoms. The molecule has 0 radical (unpaired) electrons. The molecule has 0 saturated carbocycles. The highest BCUT2D eigenvalue weighted by Crippen LogP contribution is 2.06. The fraction of sp³-hybridized carbons (Fsp3) is 0.467. The lowest BCUT2D eigenvalue weighted by atomic mass is 10.1. The van der Waals surface area contributed by atoms with Crippen LogP contribution in [0.2, 0.25) is 0 Å². The molecule has 4 nitrogen and oxygen atoms in total. The first-order valence-corrected chi connectivity index (χ1v) is 6.72. The summed E-state index contributed by atoms with van der Waals surface area (Å²) in [6.45, 7) is 2.28. The van der Waals surface area contributed by atoms with E-state index in [1.165, 1.54) is 0 Å². The van der Waals surface area contributed by atoms with Crippen molar-refractivity contribution in [1.82, 2.24) is 4.90 Å². The van der Waals surface area contributed by atoms with Crippen molar-refractivity contribution in [3.8, 4) is 0 Å². The van der Waals surface area contributed by atoms with Crippen LogP contribution < -0.4 is 0 Å². The highest BCUT2D eigenvalue weighted by molar-refractivity contribution is 5.91. The van der Waals surface area contributed by atoms with Gasteiger partial charge in [-0.05, 0) is 18.4 Å². The van der Waals surface area contributed by atoms with Crippen molar-refractivity contribution < 1.29 is 14.7 Å². The number of hydrogen-bond donors (Lipinski definition) is 1. The van der Waals surface area contributed by atoms with Gasteiger partial charge in [0.15, 0.2) is 0 Å². The van der Waals surface area contributed by atoms with E-state index in [1.807, 2.05) is 30.3 Å². The van der Waals surface area contributed by atoms with Crippen molar-refractivity contribution in [2.45, 2.75) is 39.0 Å². The Balaban J connectivity index is 2.48. The fourth-order valence-electron chi connectivity index (χ4n) is 1.87. The minimum absolute atomic E-state index is 0.226. The van der Waals surface area contributed by atoms with Gasteiger partial charge in [-0.25, -0.2) is 9.69 Å². The number of amides is 2. The van der Waals surface area contributed by atoms with Gasteiger partial charge >= 0.3 is 6.09 Å². The third kappa shape index (κ3) is 5.55. The summed E-state index contributed by atoms with van der Waals surface area (Å²) in [5.74, 6) is -0.295. The molecule has 0 aromatic heterocycles. The highest BCUT2D eigenvalue weighted by atomic mass is 16.4. The van der Waals surface area contributed by atoms with Crippen LogP contribution in [0.4, 0.5) is 4.79 Å². The van der Waals surface area contributed by atoms with Crippen molar-refractivity contribution in [1.29, 1.82) is 0 Å². The van der Waals surface area contributed by atoms with Crippen LogP contribution in [0.5, 0.6) is 0 Å². The second kappa shape index (κ2) is 8.29. The number of imide groups is 1. The molecule has 1 aromatic rings. The van der Waals surface area contributed by atoms with Crippen molar-refractivity contribution in [3.05, 3.63) is 35.9 Å². The zero-order valence-corrected chi connectivity index (χ0v) is 11.3. The molecule has 0 unspecified atom stereocenters. The van der Waals surface area contributed by atoms with E-state index in [0.717, 1.165) is 29.7 Å². The van der Waals surface area contributed by atoms with Crippen LogP contribution in [0.3, 0.4) is 0 Å². The predicted molar refractivity (Wildman–Crippen MR) is 74.0 cm³/mol. The minimum atomic E-state index is -1.16. The first-order valence-electron chi connectivity index (χ1n) is 6.72. The van der Waals surface area contributed by atoms with Crippen molar-refractivity contribution >= 4 is 12.0 Å². The molecule has 0 aliphatic rings. The Hall–Kier alpha value is -1.84. The molecule has 0 fully saturated rings. The van der Waals surface area contributed by atoms with Gasteiger partial charge in [0.2, 0.25) is 5.91 Å². The maximum absolute atomic E-state index is 11.8. The average Bonchev–Trinajstić information content (AvgIpc) is 2.40. The molecular weight excluding hydrogens is 242 g/mol. The van der Waals surface area contributed by atoms with Gasteiger partial charge < -0.3 is 5.11 Å². The lowest BCUT2D eigenvalue weighted by Gasteiger charge is -2.17. The van der Waals surface area contributed by atoms with Gasteiger partial charge in [0.25, 0.3) is 0 Å². The third-order valence-corrected chi connectivity index (χ3v) is 2.99. The summed E-state index contributed by atoms with van der Waals surface area (Å²) in [4.78, 5) is 23.9. The van der Waals surface area contributed by atoms with E-state index in [9.17, 15) is 9.59 Å². The van der Waals surface area contributed by atoms with Crippen molar-refractivity contribution in [2.24, 2.45) is 0 Å². The highest BCUT2D eigenvalue weighted by Gasteiger charge is 2.19. The number of hydrogen-bond acceptors (Lipinski definition) is 2. The number of nitrogens with zero attached hydrogens (tertiary/aromatic N) is 1. The van der Waals surface area contributed by atoms with Crippen LogP contribution in [0.15, 0.2) is 30.3 Å². The quantitative estimate of drug-likeness (QED) is 0.768. The standard InChI is InChI=1S/C15H21NO3/c1-2-3-5-10-14(17)16(15(18)19)12-11-13-8-6-4-7-9-13/h4,6-9H,2-3,5,10-12H2,1H3,(H,18,19). The number of carbonyl (C=O) groups excluding carboxylic acids is 1. The second-order valence-electron chi connectivity index (χ2n) is 4.52. The normalized spacial score (nSPS) is 10.2. The predicted octanol–water partition coefficient (Wildman–Crippen LogP) is 3.32. The molecule has 0 aliphatic heterocycles. The first-order chi connectivity index (χ1) is 9.15. The molecule has 19 heavy (non-hydrogen) atoms. The Morgan fingerprint density at radius 3 is 2.42 bits per heavy atom. The zero-order valence-electron chi connectivity index (χ0n) is 11.3. The Morgan fingerprint density at radius 2 is 1.84 bits per heavy atom. The Labute approximate surface area is 114 Å².